The molecule has 1 aromatic carbocycles. The van der Waals surface area contributed by atoms with Crippen LogP contribution in [0.2, 0.25) is 0 Å². The summed E-state index contributed by atoms with van der Waals surface area (Å²) in [7, 11) is 2.87. The number of likely N-dealkylation sites (N-methyl/N-ethyl adjacent to an activating group) is 1. The van der Waals surface area contributed by atoms with Crippen LogP contribution < -0.4 is 10.6 Å². The van der Waals surface area contributed by atoms with Gasteiger partial charge in [0, 0.05) is 32.5 Å². The van der Waals surface area contributed by atoms with E-state index in [-0.39, 0.29) is 42.6 Å². The Morgan fingerprint density at radius 2 is 2.00 bits per heavy atom. The molecule has 1 atom stereocenters. The van der Waals surface area contributed by atoms with E-state index in [0.717, 1.165) is 16.3 Å². The third kappa shape index (κ3) is 4.13. The molecule has 10 nitrogen and oxygen atoms in total. The number of rotatable bonds is 7. The molecule has 4 rings (SSSR count). The standard InChI is InChI=1S/C23H21FN4O6/c1-25-21(30)15-11-28-18-17(19(29)16(23(28)32)22(31)26-7-8-33-2)27-10-13(20(18)34-15)9-12-3-5-14(24)6-4-12/h3-6,10-11,20H,7-9H2,1-2H3,(H2-,25,26,29,30,31,32)/p+1. The Balaban J connectivity index is 1.79. The van der Waals surface area contributed by atoms with Gasteiger partial charge in [0.1, 0.15) is 5.82 Å². The highest BCUT2D eigenvalue weighted by Crippen LogP contribution is 2.30. The van der Waals surface area contributed by atoms with Gasteiger partial charge < -0.3 is 25.2 Å². The lowest BCUT2D eigenvalue weighted by molar-refractivity contribution is -0.385. The SMILES string of the molecule is CNC(=O)C1=C[N+]2=C3C(=NC=C(Cc4ccc(F)cc4)C3O1)C(O)=C(C(=O)NCCOC)C2=O. The van der Waals surface area contributed by atoms with Crippen LogP contribution in [0.15, 0.2) is 64.3 Å². The van der Waals surface area contributed by atoms with E-state index >= 15 is 0 Å². The van der Waals surface area contributed by atoms with Gasteiger partial charge in [-0.2, -0.15) is 0 Å². The van der Waals surface area contributed by atoms with Gasteiger partial charge in [-0.15, -0.1) is 4.58 Å². The van der Waals surface area contributed by atoms with Crippen molar-refractivity contribution >= 4 is 29.1 Å². The zero-order chi connectivity index (χ0) is 24.4. The second-order valence-corrected chi connectivity index (χ2v) is 7.59. The van der Waals surface area contributed by atoms with Crippen molar-refractivity contribution in [2.45, 2.75) is 12.5 Å². The van der Waals surface area contributed by atoms with Crippen molar-refractivity contribution in [1.29, 1.82) is 0 Å². The maximum atomic E-state index is 13.3. The zero-order valence-corrected chi connectivity index (χ0v) is 18.4. The Bertz CT molecular complexity index is 1230. The van der Waals surface area contributed by atoms with Crippen LogP contribution >= 0.6 is 0 Å². The van der Waals surface area contributed by atoms with E-state index in [4.69, 9.17) is 9.47 Å². The smallest absolute Gasteiger partial charge is 0.434 e. The van der Waals surface area contributed by atoms with Gasteiger partial charge in [0.05, 0.1) is 6.61 Å². The fourth-order valence-electron chi connectivity index (χ4n) is 3.76. The number of amides is 3. The van der Waals surface area contributed by atoms with Crippen LogP contribution in [0.4, 0.5) is 4.39 Å². The molecule has 0 spiro atoms. The van der Waals surface area contributed by atoms with Gasteiger partial charge in [0.25, 0.3) is 23.3 Å². The quantitative estimate of drug-likeness (QED) is 0.299. The van der Waals surface area contributed by atoms with E-state index in [1.807, 2.05) is 0 Å². The predicted molar refractivity (Wildman–Crippen MR) is 117 cm³/mol. The summed E-state index contributed by atoms with van der Waals surface area (Å²) < 4.78 is 25.2. The average Bonchev–Trinajstić information content (AvgIpc) is 2.84. The molecule has 0 aromatic heterocycles. The first-order valence-electron chi connectivity index (χ1n) is 10.4. The van der Waals surface area contributed by atoms with Crippen molar-refractivity contribution in [2.24, 2.45) is 4.99 Å². The first kappa shape index (κ1) is 23.1. The number of carbonyl (C=O) groups excluding carboxylic acids is 3. The largest absolute Gasteiger partial charge is 0.504 e. The highest BCUT2D eigenvalue weighted by Gasteiger charge is 2.52. The third-order valence-corrected chi connectivity index (χ3v) is 5.42. The van der Waals surface area contributed by atoms with Crippen molar-refractivity contribution < 1.29 is 37.9 Å². The van der Waals surface area contributed by atoms with Crippen LogP contribution in [-0.2, 0) is 30.3 Å². The van der Waals surface area contributed by atoms with Gasteiger partial charge in [-0.3, -0.25) is 9.59 Å². The number of hydrogen-bond acceptors (Lipinski definition) is 7. The summed E-state index contributed by atoms with van der Waals surface area (Å²) in [5, 5.41) is 15.8. The highest BCUT2D eigenvalue weighted by atomic mass is 19.1. The summed E-state index contributed by atoms with van der Waals surface area (Å²) >= 11 is 0. The molecule has 0 bridgehead atoms. The Morgan fingerprint density at radius 3 is 2.68 bits per heavy atom. The first-order valence-corrected chi connectivity index (χ1v) is 10.4. The topological polar surface area (TPSA) is 129 Å². The molecular weight excluding hydrogens is 447 g/mol. The summed E-state index contributed by atoms with van der Waals surface area (Å²) in [5.41, 5.74) is 0.971. The summed E-state index contributed by atoms with van der Waals surface area (Å²) in [6, 6.07) is 5.83. The number of aliphatic hydroxyl groups excluding tert-OH is 1. The number of aliphatic imine (C=N–C) groups is 1. The minimum atomic E-state index is -0.945. The monoisotopic (exact) mass is 469 g/mol. The van der Waals surface area contributed by atoms with E-state index in [2.05, 4.69) is 15.6 Å². The van der Waals surface area contributed by atoms with Gasteiger partial charge in [0.15, 0.2) is 17.0 Å². The lowest BCUT2D eigenvalue weighted by atomic mass is 9.89. The molecule has 3 N–H and O–H groups in total. The van der Waals surface area contributed by atoms with Crippen LogP contribution in [0.1, 0.15) is 5.56 Å². The molecule has 3 amide bonds. The van der Waals surface area contributed by atoms with Crippen LogP contribution in [0, 0.1) is 5.82 Å². The normalized spacial score (nSPS) is 19.0. The molecule has 3 aliphatic heterocycles. The number of methoxy groups -OCH3 is 1. The molecule has 0 fully saturated rings. The fraction of sp³-hybridized carbons (Fsp3) is 0.261. The Kier molecular flexibility index (Phi) is 6.37. The van der Waals surface area contributed by atoms with Crippen LogP contribution in [-0.4, -0.2) is 72.2 Å². The van der Waals surface area contributed by atoms with Gasteiger partial charge in [-0.1, -0.05) is 12.1 Å². The number of nitrogens with one attached hydrogen (secondary N) is 2. The molecule has 0 saturated carbocycles. The van der Waals surface area contributed by atoms with E-state index < -0.39 is 35.2 Å². The molecule has 0 aliphatic carbocycles. The maximum Gasteiger partial charge on any atom is 0.434 e. The average molecular weight is 469 g/mol. The summed E-state index contributed by atoms with van der Waals surface area (Å²) in [5.74, 6) is -3.35. The molecule has 1 unspecified atom stereocenters. The summed E-state index contributed by atoms with van der Waals surface area (Å²) in [6.45, 7) is 0.331. The molecule has 34 heavy (non-hydrogen) atoms. The van der Waals surface area contributed by atoms with Crippen molar-refractivity contribution in [1.82, 2.24) is 10.6 Å². The second-order valence-electron chi connectivity index (χ2n) is 7.59. The molecular formula is C23H22FN4O6+. The number of nitrogens with zero attached hydrogens (tertiary/aromatic N) is 2. The Labute approximate surface area is 193 Å². The number of aliphatic hydroxyl groups is 1. The number of benzene rings is 1. The van der Waals surface area contributed by atoms with E-state index in [9.17, 15) is 23.9 Å². The third-order valence-electron chi connectivity index (χ3n) is 5.42. The van der Waals surface area contributed by atoms with Gasteiger partial charge in [0.2, 0.25) is 12.3 Å². The Morgan fingerprint density at radius 1 is 1.26 bits per heavy atom. The lowest BCUT2D eigenvalue weighted by Gasteiger charge is -2.29. The minimum Gasteiger partial charge on any atom is -0.504 e. The number of hydrogen-bond donors (Lipinski definition) is 3. The maximum absolute atomic E-state index is 13.3. The lowest BCUT2D eigenvalue weighted by Crippen LogP contribution is -2.52. The van der Waals surface area contributed by atoms with Gasteiger partial charge in [-0.25, -0.2) is 14.2 Å². The van der Waals surface area contributed by atoms with Crippen LogP contribution in [0.5, 0.6) is 0 Å². The zero-order valence-electron chi connectivity index (χ0n) is 18.4. The van der Waals surface area contributed by atoms with Crippen molar-refractivity contribution in [3.63, 3.8) is 0 Å². The number of halogens is 1. The predicted octanol–water partition coefficient (Wildman–Crippen LogP) is 0.261. The van der Waals surface area contributed by atoms with E-state index in [1.54, 1.807) is 12.1 Å². The number of allylic oxidation sites excluding steroid dienone is 1. The van der Waals surface area contributed by atoms with Crippen LogP contribution in [0.3, 0.4) is 0 Å². The minimum absolute atomic E-state index is 0.0171. The summed E-state index contributed by atoms with van der Waals surface area (Å²) in [4.78, 5) is 42.6. The molecule has 11 heteroatoms. The van der Waals surface area contributed by atoms with Gasteiger partial charge >= 0.3 is 5.91 Å². The molecule has 176 valence electrons. The van der Waals surface area contributed by atoms with Crippen molar-refractivity contribution in [3.8, 4) is 0 Å². The number of carbonyl (C=O) groups is 3. The first-order chi connectivity index (χ1) is 16.3. The molecule has 3 aliphatic rings. The molecule has 0 saturated heterocycles. The second kappa shape index (κ2) is 9.40. The fourth-order valence-corrected chi connectivity index (χ4v) is 3.76. The van der Waals surface area contributed by atoms with Crippen LogP contribution in [0.25, 0.3) is 0 Å². The van der Waals surface area contributed by atoms with Crippen molar-refractivity contribution in [2.75, 3.05) is 27.3 Å². The molecule has 1 aromatic rings. The summed E-state index contributed by atoms with van der Waals surface area (Å²) in [6.07, 6.45) is 1.95. The molecule has 3 heterocycles. The van der Waals surface area contributed by atoms with Crippen molar-refractivity contribution in [3.05, 3.63) is 70.7 Å². The van der Waals surface area contributed by atoms with Gasteiger partial charge in [-0.05, 0) is 24.1 Å². The molecule has 0 radical (unpaired) electrons. The van der Waals surface area contributed by atoms with E-state index in [0.29, 0.717) is 5.57 Å². The highest BCUT2D eigenvalue weighted by molar-refractivity contribution is 6.52. The van der Waals surface area contributed by atoms with E-state index in [1.165, 1.54) is 32.5 Å². The number of ether oxygens (including phenoxy) is 2. The Hall–Kier alpha value is -4.12.